The Kier molecular flexibility index (Phi) is 4.33. The molecule has 0 aromatic heterocycles. The van der Waals surface area contributed by atoms with E-state index in [4.69, 9.17) is 5.73 Å². The number of halogens is 2. The summed E-state index contributed by atoms with van der Waals surface area (Å²) in [4.78, 5) is 0. The lowest BCUT2D eigenvalue weighted by molar-refractivity contribution is 0.273. The van der Waals surface area contributed by atoms with Gasteiger partial charge in [-0.15, -0.1) is 0 Å². The average molecular weight is 253 g/mol. The predicted octanol–water partition coefficient (Wildman–Crippen LogP) is 3.98. The quantitative estimate of drug-likeness (QED) is 0.866. The summed E-state index contributed by atoms with van der Waals surface area (Å²) >= 11 is 0. The molecule has 3 unspecified atom stereocenters. The summed E-state index contributed by atoms with van der Waals surface area (Å²) in [5.74, 6) is -0.705. The fourth-order valence-corrected chi connectivity index (χ4v) is 3.08. The number of benzene rings is 1. The summed E-state index contributed by atoms with van der Waals surface area (Å²) in [6, 6.07) is 4.27. The van der Waals surface area contributed by atoms with Crippen molar-refractivity contribution in [1.82, 2.24) is 0 Å². The molecule has 1 fully saturated rings. The Morgan fingerprint density at radius 2 is 2.00 bits per heavy atom. The van der Waals surface area contributed by atoms with Crippen LogP contribution in [0.1, 0.15) is 50.5 Å². The van der Waals surface area contributed by atoms with Crippen molar-refractivity contribution in [3.8, 4) is 0 Å². The smallest absolute Gasteiger partial charge is 0.159 e. The molecule has 0 spiro atoms. The second-order valence-electron chi connectivity index (χ2n) is 5.41. The Balaban J connectivity index is 2.16. The van der Waals surface area contributed by atoms with Crippen LogP contribution >= 0.6 is 0 Å². The van der Waals surface area contributed by atoms with Gasteiger partial charge in [-0.25, -0.2) is 8.78 Å². The molecule has 100 valence electrons. The van der Waals surface area contributed by atoms with E-state index < -0.39 is 11.6 Å². The van der Waals surface area contributed by atoms with E-state index in [0.29, 0.717) is 5.92 Å². The van der Waals surface area contributed by atoms with E-state index in [1.54, 1.807) is 6.07 Å². The summed E-state index contributed by atoms with van der Waals surface area (Å²) in [6.07, 6.45) is 5.51. The Labute approximate surface area is 107 Å². The van der Waals surface area contributed by atoms with Crippen molar-refractivity contribution in [3.05, 3.63) is 35.4 Å². The lowest BCUT2D eigenvalue weighted by Crippen LogP contribution is -2.34. The highest BCUT2D eigenvalue weighted by molar-refractivity contribution is 5.24. The summed E-state index contributed by atoms with van der Waals surface area (Å²) in [6.45, 7) is 2.18. The van der Waals surface area contributed by atoms with E-state index >= 15 is 0 Å². The van der Waals surface area contributed by atoms with Gasteiger partial charge in [0, 0.05) is 6.04 Å². The van der Waals surface area contributed by atoms with Crippen LogP contribution in [0.5, 0.6) is 0 Å². The van der Waals surface area contributed by atoms with Crippen LogP contribution in [-0.2, 0) is 0 Å². The molecule has 3 heteroatoms. The Morgan fingerprint density at radius 3 is 2.67 bits per heavy atom. The third-order valence-corrected chi connectivity index (χ3v) is 4.08. The van der Waals surface area contributed by atoms with E-state index in [0.717, 1.165) is 24.8 Å². The predicted molar refractivity (Wildman–Crippen MR) is 69.3 cm³/mol. The van der Waals surface area contributed by atoms with E-state index in [1.165, 1.54) is 25.0 Å². The zero-order valence-electron chi connectivity index (χ0n) is 10.8. The Bertz CT molecular complexity index is 405. The molecule has 0 bridgehead atoms. The van der Waals surface area contributed by atoms with Crippen LogP contribution in [0.15, 0.2) is 18.2 Å². The molecule has 1 aliphatic rings. The molecule has 1 aromatic carbocycles. The third kappa shape index (κ3) is 2.89. The van der Waals surface area contributed by atoms with Crippen LogP contribution in [-0.4, -0.2) is 6.04 Å². The van der Waals surface area contributed by atoms with Gasteiger partial charge in [0.1, 0.15) is 0 Å². The van der Waals surface area contributed by atoms with E-state index in [2.05, 4.69) is 6.92 Å². The summed E-state index contributed by atoms with van der Waals surface area (Å²) in [7, 11) is 0. The molecule has 2 rings (SSSR count). The standard InChI is InChI=1S/C15H21F2N/c1-2-3-10-4-7-15(18)12(8-10)11-5-6-13(16)14(17)9-11/h5-6,9-10,12,15H,2-4,7-8,18H2,1H3. The minimum Gasteiger partial charge on any atom is -0.327 e. The van der Waals surface area contributed by atoms with Crippen LogP contribution in [0.4, 0.5) is 8.78 Å². The lowest BCUT2D eigenvalue weighted by Gasteiger charge is -2.34. The fraction of sp³-hybridized carbons (Fsp3) is 0.600. The number of hydrogen-bond acceptors (Lipinski definition) is 1. The van der Waals surface area contributed by atoms with Crippen molar-refractivity contribution in [1.29, 1.82) is 0 Å². The molecule has 1 saturated carbocycles. The molecule has 2 N–H and O–H groups in total. The first kappa shape index (κ1) is 13.5. The third-order valence-electron chi connectivity index (χ3n) is 4.08. The normalized spacial score (nSPS) is 28.3. The molecule has 1 nitrogen and oxygen atoms in total. The van der Waals surface area contributed by atoms with Crippen molar-refractivity contribution in [2.75, 3.05) is 0 Å². The van der Waals surface area contributed by atoms with Crippen molar-refractivity contribution < 1.29 is 8.78 Å². The van der Waals surface area contributed by atoms with Crippen molar-refractivity contribution in [2.24, 2.45) is 11.7 Å². The second-order valence-corrected chi connectivity index (χ2v) is 5.41. The topological polar surface area (TPSA) is 26.0 Å². The van der Waals surface area contributed by atoms with Gasteiger partial charge in [-0.1, -0.05) is 25.8 Å². The molecule has 0 saturated heterocycles. The molecular formula is C15H21F2N. The highest BCUT2D eigenvalue weighted by Gasteiger charge is 2.29. The van der Waals surface area contributed by atoms with Gasteiger partial charge in [-0.2, -0.15) is 0 Å². The summed E-state index contributed by atoms with van der Waals surface area (Å²) in [5, 5.41) is 0. The van der Waals surface area contributed by atoms with Crippen molar-refractivity contribution in [2.45, 2.75) is 51.0 Å². The molecule has 1 aliphatic carbocycles. The number of hydrogen-bond donors (Lipinski definition) is 1. The van der Waals surface area contributed by atoms with Gasteiger partial charge in [-0.3, -0.25) is 0 Å². The molecule has 0 radical (unpaired) electrons. The van der Waals surface area contributed by atoms with E-state index in [9.17, 15) is 8.78 Å². The highest BCUT2D eigenvalue weighted by atomic mass is 19.2. The molecule has 18 heavy (non-hydrogen) atoms. The maximum Gasteiger partial charge on any atom is 0.159 e. The first-order chi connectivity index (χ1) is 8.61. The van der Waals surface area contributed by atoms with Gasteiger partial charge in [0.15, 0.2) is 11.6 Å². The summed E-state index contributed by atoms with van der Waals surface area (Å²) in [5.41, 5.74) is 6.99. The van der Waals surface area contributed by atoms with Crippen LogP contribution in [0, 0.1) is 17.6 Å². The van der Waals surface area contributed by atoms with E-state index in [-0.39, 0.29) is 12.0 Å². The molecule has 0 amide bonds. The zero-order chi connectivity index (χ0) is 13.1. The first-order valence-electron chi connectivity index (χ1n) is 6.82. The van der Waals surface area contributed by atoms with Gasteiger partial charge in [0.2, 0.25) is 0 Å². The SMILES string of the molecule is CCCC1CCC(N)C(c2ccc(F)c(F)c2)C1. The second kappa shape index (κ2) is 5.79. The maximum atomic E-state index is 13.3. The Morgan fingerprint density at radius 1 is 1.22 bits per heavy atom. The lowest BCUT2D eigenvalue weighted by atomic mass is 9.74. The molecule has 3 atom stereocenters. The van der Waals surface area contributed by atoms with E-state index in [1.807, 2.05) is 0 Å². The van der Waals surface area contributed by atoms with Gasteiger partial charge in [-0.05, 0) is 48.8 Å². The van der Waals surface area contributed by atoms with Crippen LogP contribution < -0.4 is 5.73 Å². The summed E-state index contributed by atoms with van der Waals surface area (Å²) < 4.78 is 26.2. The van der Waals surface area contributed by atoms with Crippen LogP contribution in [0.2, 0.25) is 0 Å². The first-order valence-corrected chi connectivity index (χ1v) is 6.82. The number of rotatable bonds is 3. The van der Waals surface area contributed by atoms with Crippen LogP contribution in [0.25, 0.3) is 0 Å². The highest BCUT2D eigenvalue weighted by Crippen LogP contribution is 2.37. The monoisotopic (exact) mass is 253 g/mol. The van der Waals surface area contributed by atoms with Gasteiger partial charge >= 0.3 is 0 Å². The van der Waals surface area contributed by atoms with Gasteiger partial charge in [0.05, 0.1) is 0 Å². The minimum atomic E-state index is -0.784. The van der Waals surface area contributed by atoms with Crippen molar-refractivity contribution >= 4 is 0 Å². The minimum absolute atomic E-state index is 0.0722. The van der Waals surface area contributed by atoms with Crippen LogP contribution in [0.3, 0.4) is 0 Å². The molecule has 0 heterocycles. The van der Waals surface area contributed by atoms with Gasteiger partial charge < -0.3 is 5.73 Å². The maximum absolute atomic E-state index is 13.3. The fourth-order valence-electron chi connectivity index (χ4n) is 3.08. The zero-order valence-corrected chi connectivity index (χ0v) is 10.8. The average Bonchev–Trinajstić information content (AvgIpc) is 2.35. The molecule has 0 aliphatic heterocycles. The molecule has 1 aromatic rings. The van der Waals surface area contributed by atoms with Gasteiger partial charge in [0.25, 0.3) is 0 Å². The largest absolute Gasteiger partial charge is 0.327 e. The Hall–Kier alpha value is -0.960. The van der Waals surface area contributed by atoms with Crippen molar-refractivity contribution in [3.63, 3.8) is 0 Å². The molecular weight excluding hydrogens is 232 g/mol. The number of nitrogens with two attached hydrogens (primary N) is 1.